The van der Waals surface area contributed by atoms with Gasteiger partial charge in [0.05, 0.1) is 0 Å². The lowest BCUT2D eigenvalue weighted by atomic mass is 9.89. The van der Waals surface area contributed by atoms with Crippen LogP contribution in [0.1, 0.15) is 0 Å². The van der Waals surface area contributed by atoms with E-state index in [0.29, 0.717) is 17.5 Å². The Labute approximate surface area is 358 Å². The molecule has 4 nitrogen and oxygen atoms in total. The maximum atomic E-state index is 5.29. The molecule has 13 rings (SSSR count). The summed E-state index contributed by atoms with van der Waals surface area (Å²) in [5.74, 6) is 1.86. The average Bonchev–Trinajstić information content (AvgIpc) is 3.86. The van der Waals surface area contributed by atoms with Crippen LogP contribution >= 0.6 is 0 Å². The van der Waals surface area contributed by atoms with E-state index in [1.807, 2.05) is 30.5 Å². The van der Waals surface area contributed by atoms with Crippen LogP contribution in [0.4, 0.5) is 0 Å². The fourth-order valence-corrected chi connectivity index (χ4v) is 9.88. The summed E-state index contributed by atoms with van der Waals surface area (Å²) >= 11 is 0. The first kappa shape index (κ1) is 34.5. The highest BCUT2D eigenvalue weighted by atomic mass is 15.0. The molecule has 62 heavy (non-hydrogen) atoms. The van der Waals surface area contributed by atoms with E-state index in [9.17, 15) is 0 Å². The Kier molecular flexibility index (Phi) is 7.57. The molecular formula is C58H34N4. The summed E-state index contributed by atoms with van der Waals surface area (Å²) < 4.78 is 0. The first-order valence-electron chi connectivity index (χ1n) is 21.0. The minimum absolute atomic E-state index is 0.616. The second-order valence-corrected chi connectivity index (χ2v) is 16.2. The largest absolute Gasteiger partial charge is 0.264 e. The highest BCUT2D eigenvalue weighted by molar-refractivity contribution is 6.20. The Bertz CT molecular complexity index is 3400. The van der Waals surface area contributed by atoms with Gasteiger partial charge in [0.15, 0.2) is 17.5 Å². The van der Waals surface area contributed by atoms with Crippen LogP contribution in [0.5, 0.6) is 0 Å². The molecular weight excluding hydrogens is 753 g/mol. The molecule has 0 fully saturated rings. The average molecular weight is 787 g/mol. The molecule has 0 amide bonds. The fraction of sp³-hybridized carbons (Fsp3) is 0. The molecule has 0 radical (unpaired) electrons. The number of fused-ring (bicyclic) bond motifs is 6. The van der Waals surface area contributed by atoms with Crippen molar-refractivity contribution >= 4 is 21.5 Å². The molecule has 286 valence electrons. The molecule has 0 spiro atoms. The molecule has 2 aliphatic rings. The van der Waals surface area contributed by atoms with Gasteiger partial charge in [-0.3, -0.25) is 4.98 Å². The summed E-state index contributed by atoms with van der Waals surface area (Å²) in [5, 5.41) is 5.05. The zero-order valence-electron chi connectivity index (χ0n) is 33.4. The number of aromatic nitrogens is 4. The Balaban J connectivity index is 1.05. The Morgan fingerprint density at radius 3 is 1.16 bits per heavy atom. The molecule has 4 heteroatoms. The molecule has 2 heterocycles. The summed E-state index contributed by atoms with van der Waals surface area (Å²) in [6.45, 7) is 0. The molecule has 2 aliphatic carbocycles. The molecule has 11 aromatic rings. The second-order valence-electron chi connectivity index (χ2n) is 16.2. The molecule has 0 aliphatic heterocycles. The van der Waals surface area contributed by atoms with Crippen LogP contribution in [0.25, 0.3) is 134 Å². The van der Waals surface area contributed by atoms with Gasteiger partial charge < -0.3 is 0 Å². The Hall–Kier alpha value is -8.34. The quantitative estimate of drug-likeness (QED) is 0.168. The Morgan fingerprint density at radius 1 is 0.242 bits per heavy atom. The molecule has 0 N–H and O–H groups in total. The van der Waals surface area contributed by atoms with Crippen molar-refractivity contribution in [1.82, 2.24) is 19.9 Å². The summed E-state index contributed by atoms with van der Waals surface area (Å²) in [6.07, 6.45) is 3.68. The lowest BCUT2D eigenvalue weighted by Gasteiger charge is -2.16. The molecule has 2 aromatic heterocycles. The van der Waals surface area contributed by atoms with Crippen molar-refractivity contribution in [2.45, 2.75) is 0 Å². The van der Waals surface area contributed by atoms with Crippen LogP contribution in [0, 0.1) is 0 Å². The zero-order chi connectivity index (χ0) is 40.7. The van der Waals surface area contributed by atoms with Gasteiger partial charge in [0.2, 0.25) is 0 Å². The van der Waals surface area contributed by atoms with Crippen molar-refractivity contribution in [2.24, 2.45) is 0 Å². The highest BCUT2D eigenvalue weighted by Gasteiger charge is 2.25. The number of hydrogen-bond acceptors (Lipinski definition) is 4. The van der Waals surface area contributed by atoms with Crippen LogP contribution in [-0.4, -0.2) is 19.9 Å². The van der Waals surface area contributed by atoms with Gasteiger partial charge in [-0.05, 0) is 124 Å². The maximum Gasteiger partial charge on any atom is 0.164 e. The molecule has 0 saturated carbocycles. The van der Waals surface area contributed by atoms with Gasteiger partial charge in [-0.25, -0.2) is 15.0 Å². The van der Waals surface area contributed by atoms with E-state index in [1.54, 1.807) is 6.20 Å². The maximum absolute atomic E-state index is 5.29. The number of pyridine rings is 1. The van der Waals surface area contributed by atoms with Gasteiger partial charge in [-0.2, -0.15) is 0 Å². The predicted octanol–water partition coefficient (Wildman–Crippen LogP) is 14.9. The molecule has 9 aromatic carbocycles. The van der Waals surface area contributed by atoms with Crippen LogP contribution < -0.4 is 0 Å². The fourth-order valence-electron chi connectivity index (χ4n) is 9.88. The SMILES string of the molecule is c1ccc(-c2nc(-c3ccc(-c4cccnc4)cc3)nc(-c3cc(-c4ccc5c6c(cccc46)-c4ccccc4-5)cc(-c4ccc5c6c(cccc46)-c4ccccc4-5)c3)n2)cc1. The van der Waals surface area contributed by atoms with E-state index in [-0.39, 0.29) is 0 Å². The summed E-state index contributed by atoms with van der Waals surface area (Å²) in [4.78, 5) is 20.0. The number of hydrogen-bond donors (Lipinski definition) is 0. The van der Waals surface area contributed by atoms with Crippen LogP contribution in [0.2, 0.25) is 0 Å². The third-order valence-electron chi connectivity index (χ3n) is 12.7. The first-order chi connectivity index (χ1) is 30.7. The molecule has 0 saturated heterocycles. The molecule has 0 atom stereocenters. The first-order valence-corrected chi connectivity index (χ1v) is 21.0. The second kappa shape index (κ2) is 13.6. The van der Waals surface area contributed by atoms with E-state index in [4.69, 9.17) is 15.0 Å². The van der Waals surface area contributed by atoms with Gasteiger partial charge in [0.25, 0.3) is 0 Å². The van der Waals surface area contributed by atoms with Crippen molar-refractivity contribution in [1.29, 1.82) is 0 Å². The monoisotopic (exact) mass is 786 g/mol. The lowest BCUT2D eigenvalue weighted by molar-refractivity contribution is 1.07. The van der Waals surface area contributed by atoms with Crippen LogP contribution in [0.15, 0.2) is 207 Å². The number of rotatable bonds is 6. The Morgan fingerprint density at radius 2 is 0.645 bits per heavy atom. The number of nitrogens with zero attached hydrogens (tertiary/aromatic N) is 4. The van der Waals surface area contributed by atoms with Crippen molar-refractivity contribution < 1.29 is 0 Å². The zero-order valence-corrected chi connectivity index (χ0v) is 33.4. The minimum Gasteiger partial charge on any atom is -0.264 e. The summed E-state index contributed by atoms with van der Waals surface area (Å²) in [7, 11) is 0. The van der Waals surface area contributed by atoms with E-state index >= 15 is 0 Å². The molecule has 0 unspecified atom stereocenters. The van der Waals surface area contributed by atoms with E-state index in [0.717, 1.165) is 38.9 Å². The van der Waals surface area contributed by atoms with E-state index < -0.39 is 0 Å². The molecule has 0 bridgehead atoms. The normalized spacial score (nSPS) is 11.9. The minimum atomic E-state index is 0.616. The van der Waals surface area contributed by atoms with Gasteiger partial charge in [0, 0.05) is 29.1 Å². The highest BCUT2D eigenvalue weighted by Crippen LogP contribution is 2.52. The summed E-state index contributed by atoms with van der Waals surface area (Å²) in [6, 6.07) is 69.7. The third-order valence-corrected chi connectivity index (χ3v) is 12.7. The smallest absolute Gasteiger partial charge is 0.164 e. The van der Waals surface area contributed by atoms with E-state index in [2.05, 4.69) is 175 Å². The van der Waals surface area contributed by atoms with Crippen molar-refractivity contribution in [3.63, 3.8) is 0 Å². The van der Waals surface area contributed by atoms with Crippen LogP contribution in [-0.2, 0) is 0 Å². The van der Waals surface area contributed by atoms with Crippen molar-refractivity contribution in [3.05, 3.63) is 207 Å². The lowest BCUT2D eigenvalue weighted by Crippen LogP contribution is -2.00. The van der Waals surface area contributed by atoms with Gasteiger partial charge >= 0.3 is 0 Å². The predicted molar refractivity (Wildman–Crippen MR) is 254 cm³/mol. The standard InChI is InChI=1S/C58H34N4/c1-2-11-36(12-3-1)56-60-57(37-24-22-35(23-25-37)38-13-10-30-59-34-38)62-58(61-56)41-32-39(42-26-28-52-46-16-6-4-14-44(46)50-20-8-18-48(42)54(50)52)31-40(33-41)43-27-29-53-47-17-7-5-15-45(47)51-21-9-19-49(43)55(51)53/h1-34H. The van der Waals surface area contributed by atoms with Gasteiger partial charge in [0.1, 0.15) is 0 Å². The van der Waals surface area contributed by atoms with Gasteiger partial charge in [-0.15, -0.1) is 0 Å². The van der Waals surface area contributed by atoms with Gasteiger partial charge in [-0.1, -0.05) is 170 Å². The van der Waals surface area contributed by atoms with Crippen molar-refractivity contribution in [2.75, 3.05) is 0 Å². The van der Waals surface area contributed by atoms with Crippen molar-refractivity contribution in [3.8, 4) is 112 Å². The third kappa shape index (κ3) is 5.33. The van der Waals surface area contributed by atoms with E-state index in [1.165, 1.54) is 77.2 Å². The summed E-state index contributed by atoms with van der Waals surface area (Å²) in [5.41, 5.74) is 19.7. The number of benzene rings is 9. The topological polar surface area (TPSA) is 51.6 Å². The van der Waals surface area contributed by atoms with Crippen LogP contribution in [0.3, 0.4) is 0 Å².